The standard InChI is InChI=1S/C27H29N3O7S/c28-12-6-14-30-18-22(21-7-3-4-8-23(21)30)24(31)19-37-27(32)9-2-1-5-13-29-38(33,34)20-10-11-25-26(17-20)36-16-15-35-25/h3-4,7-8,10-11,17-18,29H,1-2,5-6,9,13-16,19H2. The summed E-state index contributed by atoms with van der Waals surface area (Å²) in [5.41, 5.74) is 1.30. The minimum absolute atomic E-state index is 0.100. The number of ether oxygens (including phenoxy) is 3. The molecule has 2 heterocycles. The Kier molecular flexibility index (Phi) is 8.99. The summed E-state index contributed by atoms with van der Waals surface area (Å²) in [5, 5.41) is 9.63. The number of hydrogen-bond donors (Lipinski definition) is 1. The molecule has 10 nitrogen and oxygen atoms in total. The number of unbranched alkanes of at least 4 members (excludes halogenated alkanes) is 2. The third kappa shape index (κ3) is 6.70. The zero-order valence-corrected chi connectivity index (χ0v) is 21.7. The molecule has 0 spiro atoms. The van der Waals surface area contributed by atoms with Gasteiger partial charge in [0.1, 0.15) is 13.2 Å². The minimum atomic E-state index is -3.69. The number of aromatic nitrogens is 1. The molecule has 0 saturated heterocycles. The first-order chi connectivity index (χ1) is 18.4. The van der Waals surface area contributed by atoms with Crippen LogP contribution in [-0.4, -0.2) is 51.1 Å². The number of benzene rings is 2. The van der Waals surface area contributed by atoms with Crippen LogP contribution in [0.5, 0.6) is 11.5 Å². The maximum Gasteiger partial charge on any atom is 0.306 e. The Labute approximate surface area is 221 Å². The lowest BCUT2D eigenvalue weighted by Crippen LogP contribution is -2.25. The number of rotatable bonds is 13. The molecule has 1 aromatic heterocycles. The second-order valence-electron chi connectivity index (χ2n) is 8.76. The molecule has 0 unspecified atom stereocenters. The lowest BCUT2D eigenvalue weighted by atomic mass is 10.1. The number of para-hydroxylation sites is 1. The van der Waals surface area contributed by atoms with Crippen molar-refractivity contribution < 1.29 is 32.2 Å². The van der Waals surface area contributed by atoms with Crippen LogP contribution in [0.1, 0.15) is 42.5 Å². The van der Waals surface area contributed by atoms with Gasteiger partial charge in [0.25, 0.3) is 0 Å². The van der Waals surface area contributed by atoms with Crippen LogP contribution in [0.2, 0.25) is 0 Å². The molecule has 38 heavy (non-hydrogen) atoms. The van der Waals surface area contributed by atoms with E-state index in [0.717, 1.165) is 10.9 Å². The van der Waals surface area contributed by atoms with Gasteiger partial charge in [-0.1, -0.05) is 24.6 Å². The molecule has 0 saturated carbocycles. The fourth-order valence-electron chi connectivity index (χ4n) is 4.17. The molecule has 0 amide bonds. The number of ketones is 1. The highest BCUT2D eigenvalue weighted by molar-refractivity contribution is 7.89. The predicted molar refractivity (Wildman–Crippen MR) is 139 cm³/mol. The number of carbonyl (C=O) groups excluding carboxylic acids is 2. The van der Waals surface area contributed by atoms with Crippen molar-refractivity contribution in [1.29, 1.82) is 5.26 Å². The molecule has 1 aliphatic rings. The topological polar surface area (TPSA) is 137 Å². The second kappa shape index (κ2) is 12.6. The maximum absolute atomic E-state index is 12.7. The van der Waals surface area contributed by atoms with Gasteiger partial charge in [0.15, 0.2) is 18.1 Å². The van der Waals surface area contributed by atoms with Gasteiger partial charge in [0.05, 0.1) is 17.4 Å². The van der Waals surface area contributed by atoms with E-state index >= 15 is 0 Å². The Balaban J connectivity index is 1.17. The van der Waals surface area contributed by atoms with Crippen molar-refractivity contribution >= 4 is 32.7 Å². The third-order valence-electron chi connectivity index (χ3n) is 6.09. The van der Waals surface area contributed by atoms with Gasteiger partial charge in [0, 0.05) is 48.2 Å². The molecule has 11 heteroatoms. The monoisotopic (exact) mass is 539 g/mol. The molecule has 4 rings (SSSR count). The lowest BCUT2D eigenvalue weighted by Gasteiger charge is -2.18. The Morgan fingerprint density at radius 3 is 2.66 bits per heavy atom. The van der Waals surface area contributed by atoms with Gasteiger partial charge < -0.3 is 18.8 Å². The summed E-state index contributed by atoms with van der Waals surface area (Å²) in [6, 6.07) is 14.0. The van der Waals surface area contributed by atoms with Crippen molar-refractivity contribution in [3.63, 3.8) is 0 Å². The third-order valence-corrected chi connectivity index (χ3v) is 7.55. The predicted octanol–water partition coefficient (Wildman–Crippen LogP) is 3.59. The van der Waals surface area contributed by atoms with E-state index in [1.807, 2.05) is 28.8 Å². The number of Topliss-reactive ketones (excluding diaryl/α,β-unsaturated/α-hetero) is 1. The lowest BCUT2D eigenvalue weighted by molar-refractivity contribution is -0.142. The van der Waals surface area contributed by atoms with Crippen LogP contribution in [0, 0.1) is 11.3 Å². The molecule has 0 aliphatic carbocycles. The van der Waals surface area contributed by atoms with Crippen molar-refractivity contribution in [2.24, 2.45) is 0 Å². The van der Waals surface area contributed by atoms with E-state index in [4.69, 9.17) is 19.5 Å². The molecular weight excluding hydrogens is 510 g/mol. The Bertz CT molecular complexity index is 1460. The van der Waals surface area contributed by atoms with Crippen LogP contribution >= 0.6 is 0 Å². The Morgan fingerprint density at radius 1 is 1.05 bits per heavy atom. The highest BCUT2D eigenvalue weighted by Gasteiger charge is 2.19. The first-order valence-electron chi connectivity index (χ1n) is 12.4. The number of aryl methyl sites for hydroxylation is 1. The number of fused-ring (bicyclic) bond motifs is 2. The van der Waals surface area contributed by atoms with Crippen molar-refractivity contribution in [3.8, 4) is 17.6 Å². The molecule has 0 fully saturated rings. The van der Waals surface area contributed by atoms with Crippen LogP contribution in [0.15, 0.2) is 53.6 Å². The average molecular weight is 540 g/mol. The normalized spacial score (nSPS) is 12.7. The molecule has 3 aromatic rings. The fraction of sp³-hybridized carbons (Fsp3) is 0.370. The van der Waals surface area contributed by atoms with Crippen LogP contribution in [0.25, 0.3) is 10.9 Å². The van der Waals surface area contributed by atoms with Crippen molar-refractivity contribution in [3.05, 3.63) is 54.2 Å². The van der Waals surface area contributed by atoms with Crippen LogP contribution in [-0.2, 0) is 26.1 Å². The summed E-state index contributed by atoms with van der Waals surface area (Å²) in [6.07, 6.45) is 3.81. The van der Waals surface area contributed by atoms with E-state index < -0.39 is 16.0 Å². The molecule has 0 atom stereocenters. The molecular formula is C27H29N3O7S. The summed E-state index contributed by atoms with van der Waals surface area (Å²) in [6.45, 7) is 1.13. The number of hydrogen-bond acceptors (Lipinski definition) is 8. The number of esters is 1. The van der Waals surface area contributed by atoms with Gasteiger partial charge in [-0.05, 0) is 31.0 Å². The van der Waals surface area contributed by atoms with Crippen LogP contribution < -0.4 is 14.2 Å². The van der Waals surface area contributed by atoms with Gasteiger partial charge in [0.2, 0.25) is 15.8 Å². The van der Waals surface area contributed by atoms with E-state index in [0.29, 0.717) is 62.5 Å². The molecule has 1 aliphatic heterocycles. The van der Waals surface area contributed by atoms with E-state index in [-0.39, 0.29) is 30.3 Å². The van der Waals surface area contributed by atoms with Crippen LogP contribution in [0.4, 0.5) is 0 Å². The molecule has 2 aromatic carbocycles. The van der Waals surface area contributed by atoms with E-state index in [1.165, 1.54) is 12.1 Å². The summed E-state index contributed by atoms with van der Waals surface area (Å²) >= 11 is 0. The number of carbonyl (C=O) groups is 2. The highest BCUT2D eigenvalue weighted by Crippen LogP contribution is 2.32. The van der Waals surface area contributed by atoms with Gasteiger partial charge >= 0.3 is 5.97 Å². The first-order valence-corrected chi connectivity index (χ1v) is 13.9. The van der Waals surface area contributed by atoms with Crippen molar-refractivity contribution in [2.75, 3.05) is 26.4 Å². The molecule has 1 N–H and O–H groups in total. The van der Waals surface area contributed by atoms with Crippen molar-refractivity contribution in [2.45, 2.75) is 43.5 Å². The minimum Gasteiger partial charge on any atom is -0.486 e. The number of sulfonamides is 1. The average Bonchev–Trinajstić information content (AvgIpc) is 3.30. The quantitative estimate of drug-likeness (QED) is 0.198. The summed E-state index contributed by atoms with van der Waals surface area (Å²) in [4.78, 5) is 25.0. The summed E-state index contributed by atoms with van der Waals surface area (Å²) in [7, 11) is -3.69. The first kappa shape index (κ1) is 27.2. The molecule has 0 radical (unpaired) electrons. The Hall–Kier alpha value is -3.88. The largest absolute Gasteiger partial charge is 0.486 e. The zero-order valence-electron chi connectivity index (χ0n) is 20.9. The fourth-order valence-corrected chi connectivity index (χ4v) is 5.26. The number of nitrogens with one attached hydrogen (secondary N) is 1. The Morgan fingerprint density at radius 2 is 1.84 bits per heavy atom. The number of nitriles is 1. The van der Waals surface area contributed by atoms with Crippen LogP contribution in [0.3, 0.4) is 0 Å². The summed E-state index contributed by atoms with van der Waals surface area (Å²) < 4.78 is 45.5. The van der Waals surface area contributed by atoms with Gasteiger partial charge in [-0.15, -0.1) is 0 Å². The van der Waals surface area contributed by atoms with Gasteiger partial charge in [-0.25, -0.2) is 13.1 Å². The van der Waals surface area contributed by atoms with E-state index in [9.17, 15) is 18.0 Å². The van der Waals surface area contributed by atoms with Crippen molar-refractivity contribution in [1.82, 2.24) is 9.29 Å². The highest BCUT2D eigenvalue weighted by atomic mass is 32.2. The SMILES string of the molecule is N#CCCn1cc(C(=O)COC(=O)CCCCCNS(=O)(=O)c2ccc3c(c2)OCCO3)c2ccccc21. The second-order valence-corrected chi connectivity index (χ2v) is 10.5. The van der Waals surface area contributed by atoms with E-state index in [1.54, 1.807) is 12.3 Å². The molecule has 0 bridgehead atoms. The van der Waals surface area contributed by atoms with Gasteiger partial charge in [-0.3, -0.25) is 9.59 Å². The summed E-state index contributed by atoms with van der Waals surface area (Å²) in [5.74, 6) is 0.134. The maximum atomic E-state index is 12.7. The van der Waals surface area contributed by atoms with Gasteiger partial charge in [-0.2, -0.15) is 5.26 Å². The van der Waals surface area contributed by atoms with E-state index in [2.05, 4.69) is 10.8 Å². The number of nitrogens with zero attached hydrogens (tertiary/aromatic N) is 2. The molecule has 200 valence electrons. The smallest absolute Gasteiger partial charge is 0.306 e. The zero-order chi connectivity index (χ0) is 27.0.